The summed E-state index contributed by atoms with van der Waals surface area (Å²) >= 11 is 0. The molecule has 0 aliphatic rings. The lowest BCUT2D eigenvalue weighted by Gasteiger charge is -2.03. The van der Waals surface area contributed by atoms with E-state index in [1.807, 2.05) is 6.92 Å². The zero-order valence-electron chi connectivity index (χ0n) is 8.17. The first-order valence-electron chi connectivity index (χ1n) is 4.52. The van der Waals surface area contributed by atoms with Crippen LogP contribution >= 0.6 is 0 Å². The normalized spacial score (nSPS) is 9.38. The Hall–Kier alpha value is -1.06. The summed E-state index contributed by atoms with van der Waals surface area (Å²) in [5.74, 6) is -0.585. The van der Waals surface area contributed by atoms with Crippen LogP contribution in [0.4, 0.5) is 0 Å². The van der Waals surface area contributed by atoms with Crippen molar-refractivity contribution in [2.45, 2.75) is 33.1 Å². The van der Waals surface area contributed by atoms with E-state index < -0.39 is 0 Å². The van der Waals surface area contributed by atoms with Gasteiger partial charge in [-0.05, 0) is 13.3 Å². The van der Waals surface area contributed by atoms with Crippen LogP contribution in [0.25, 0.3) is 0 Å². The highest BCUT2D eigenvalue weighted by molar-refractivity contribution is 5.71. The van der Waals surface area contributed by atoms with E-state index in [2.05, 4.69) is 4.74 Å². The summed E-state index contributed by atoms with van der Waals surface area (Å²) in [6.07, 6.45) is 1.31. The third-order valence-electron chi connectivity index (χ3n) is 1.33. The molecular weight excluding hydrogens is 172 g/mol. The standard InChI is InChI=1S/C9H16O4/c1-3-5-8(10)13-7-6-9(11)12-4-2/h3-7H2,1-2H3. The Bertz CT molecular complexity index is 147. The Morgan fingerprint density at radius 1 is 1.00 bits per heavy atom. The molecule has 0 atom stereocenters. The molecule has 4 heteroatoms. The molecule has 4 nitrogen and oxygen atoms in total. The van der Waals surface area contributed by atoms with Crippen molar-refractivity contribution >= 4 is 11.9 Å². The van der Waals surface area contributed by atoms with E-state index in [1.165, 1.54) is 0 Å². The number of carbonyl (C=O) groups excluding carboxylic acids is 2. The molecule has 0 spiro atoms. The summed E-state index contributed by atoms with van der Waals surface area (Å²) in [7, 11) is 0. The van der Waals surface area contributed by atoms with Gasteiger partial charge in [-0.25, -0.2) is 0 Å². The van der Waals surface area contributed by atoms with E-state index in [0.717, 1.165) is 6.42 Å². The second kappa shape index (κ2) is 7.58. The minimum atomic E-state index is -0.327. The topological polar surface area (TPSA) is 52.6 Å². The van der Waals surface area contributed by atoms with Crippen LogP contribution in [0.1, 0.15) is 33.1 Å². The van der Waals surface area contributed by atoms with Crippen LogP contribution in [-0.2, 0) is 19.1 Å². The number of esters is 2. The lowest BCUT2D eigenvalue weighted by atomic mass is 10.3. The quantitative estimate of drug-likeness (QED) is 0.589. The molecule has 76 valence electrons. The number of rotatable bonds is 6. The predicted molar refractivity (Wildman–Crippen MR) is 47.1 cm³/mol. The average Bonchev–Trinajstić information content (AvgIpc) is 2.05. The fraction of sp³-hybridized carbons (Fsp3) is 0.778. The van der Waals surface area contributed by atoms with Crippen molar-refractivity contribution in [3.8, 4) is 0 Å². The summed E-state index contributed by atoms with van der Waals surface area (Å²) in [5, 5.41) is 0. The van der Waals surface area contributed by atoms with E-state index >= 15 is 0 Å². The van der Waals surface area contributed by atoms with E-state index in [9.17, 15) is 9.59 Å². The van der Waals surface area contributed by atoms with Gasteiger partial charge < -0.3 is 9.47 Å². The Kier molecular flexibility index (Phi) is 6.96. The number of ether oxygens (including phenoxy) is 2. The SMILES string of the molecule is CCCC(=O)OCCC(=O)OCC. The highest BCUT2D eigenvalue weighted by Gasteiger charge is 2.04. The van der Waals surface area contributed by atoms with E-state index in [4.69, 9.17) is 4.74 Å². The van der Waals surface area contributed by atoms with Gasteiger partial charge in [0.25, 0.3) is 0 Å². The number of carbonyl (C=O) groups is 2. The minimum absolute atomic E-state index is 0.123. The highest BCUT2D eigenvalue weighted by Crippen LogP contribution is 1.93. The summed E-state index contributed by atoms with van der Waals surface area (Å²) in [6, 6.07) is 0. The molecule has 0 aliphatic carbocycles. The maximum atomic E-state index is 10.8. The maximum absolute atomic E-state index is 10.8. The lowest BCUT2D eigenvalue weighted by molar-refractivity contribution is -0.149. The first-order valence-corrected chi connectivity index (χ1v) is 4.52. The van der Waals surface area contributed by atoms with Gasteiger partial charge in [-0.15, -0.1) is 0 Å². The first kappa shape index (κ1) is 11.9. The molecule has 0 rings (SSSR count). The van der Waals surface area contributed by atoms with Gasteiger partial charge in [0.15, 0.2) is 0 Å². The fourth-order valence-electron chi connectivity index (χ4n) is 0.758. The van der Waals surface area contributed by atoms with Crippen LogP contribution in [0, 0.1) is 0 Å². The minimum Gasteiger partial charge on any atom is -0.466 e. The van der Waals surface area contributed by atoms with Gasteiger partial charge in [-0.2, -0.15) is 0 Å². The molecule has 0 radical (unpaired) electrons. The third-order valence-corrected chi connectivity index (χ3v) is 1.33. The number of hydrogen-bond acceptors (Lipinski definition) is 4. The highest BCUT2D eigenvalue weighted by atomic mass is 16.5. The fourth-order valence-corrected chi connectivity index (χ4v) is 0.758. The molecule has 0 N–H and O–H groups in total. The second-order valence-electron chi connectivity index (χ2n) is 2.53. The largest absolute Gasteiger partial charge is 0.466 e. The van der Waals surface area contributed by atoms with Crippen molar-refractivity contribution in [3.05, 3.63) is 0 Å². The molecule has 0 amide bonds. The van der Waals surface area contributed by atoms with Crippen molar-refractivity contribution in [2.24, 2.45) is 0 Å². The molecule has 13 heavy (non-hydrogen) atoms. The second-order valence-corrected chi connectivity index (χ2v) is 2.53. The predicted octanol–water partition coefficient (Wildman–Crippen LogP) is 1.28. The van der Waals surface area contributed by atoms with E-state index in [1.54, 1.807) is 6.92 Å². The third kappa shape index (κ3) is 7.31. The van der Waals surface area contributed by atoms with Crippen LogP contribution in [-0.4, -0.2) is 25.2 Å². The van der Waals surface area contributed by atoms with Crippen molar-refractivity contribution in [1.29, 1.82) is 0 Å². The molecule has 0 aromatic rings. The zero-order chi connectivity index (χ0) is 10.1. The van der Waals surface area contributed by atoms with Crippen LogP contribution in [0.5, 0.6) is 0 Å². The average molecular weight is 188 g/mol. The van der Waals surface area contributed by atoms with Crippen molar-refractivity contribution < 1.29 is 19.1 Å². The molecule has 0 fully saturated rings. The van der Waals surface area contributed by atoms with Crippen LogP contribution in [0.15, 0.2) is 0 Å². The number of hydrogen-bond donors (Lipinski definition) is 0. The van der Waals surface area contributed by atoms with E-state index in [-0.39, 0.29) is 25.0 Å². The molecular formula is C9H16O4. The monoisotopic (exact) mass is 188 g/mol. The van der Waals surface area contributed by atoms with Gasteiger partial charge in [0, 0.05) is 6.42 Å². The maximum Gasteiger partial charge on any atom is 0.309 e. The molecule has 0 unspecified atom stereocenters. The smallest absolute Gasteiger partial charge is 0.309 e. The summed E-state index contributed by atoms with van der Waals surface area (Å²) < 4.78 is 9.41. The Morgan fingerprint density at radius 2 is 1.62 bits per heavy atom. The zero-order valence-corrected chi connectivity index (χ0v) is 8.17. The molecule has 0 bridgehead atoms. The molecule has 0 saturated heterocycles. The summed E-state index contributed by atoms with van der Waals surface area (Å²) in [6.45, 7) is 4.12. The van der Waals surface area contributed by atoms with Gasteiger partial charge in [0.1, 0.15) is 6.61 Å². The molecule has 0 saturated carbocycles. The Morgan fingerprint density at radius 3 is 2.15 bits per heavy atom. The molecule has 0 aromatic carbocycles. The van der Waals surface area contributed by atoms with Gasteiger partial charge in [-0.1, -0.05) is 6.92 Å². The van der Waals surface area contributed by atoms with Crippen LogP contribution < -0.4 is 0 Å². The van der Waals surface area contributed by atoms with Gasteiger partial charge >= 0.3 is 11.9 Å². The van der Waals surface area contributed by atoms with Crippen LogP contribution in [0.3, 0.4) is 0 Å². The van der Waals surface area contributed by atoms with E-state index in [0.29, 0.717) is 13.0 Å². The summed E-state index contributed by atoms with van der Waals surface area (Å²) in [5.41, 5.74) is 0. The Balaban J connectivity index is 3.33. The van der Waals surface area contributed by atoms with Crippen molar-refractivity contribution in [3.63, 3.8) is 0 Å². The van der Waals surface area contributed by atoms with Gasteiger partial charge in [-0.3, -0.25) is 9.59 Å². The van der Waals surface area contributed by atoms with Crippen molar-refractivity contribution in [2.75, 3.05) is 13.2 Å². The van der Waals surface area contributed by atoms with Gasteiger partial charge in [0.2, 0.25) is 0 Å². The molecule has 0 aliphatic heterocycles. The molecule has 0 aromatic heterocycles. The van der Waals surface area contributed by atoms with Gasteiger partial charge in [0.05, 0.1) is 13.0 Å². The lowest BCUT2D eigenvalue weighted by Crippen LogP contribution is -2.11. The Labute approximate surface area is 78.2 Å². The molecule has 0 heterocycles. The van der Waals surface area contributed by atoms with Crippen molar-refractivity contribution in [1.82, 2.24) is 0 Å². The summed E-state index contributed by atoms with van der Waals surface area (Å²) in [4.78, 5) is 21.6. The van der Waals surface area contributed by atoms with Crippen LogP contribution in [0.2, 0.25) is 0 Å². The first-order chi connectivity index (χ1) is 6.20.